The molecule has 5 unspecified atom stereocenters. The Balaban J connectivity index is 1.73. The molecule has 53 heavy (non-hydrogen) atoms. The van der Waals surface area contributed by atoms with Gasteiger partial charge in [0.05, 0.1) is 27.7 Å². The van der Waals surface area contributed by atoms with Gasteiger partial charge in [-0.05, 0) is 56.4 Å². The van der Waals surface area contributed by atoms with Crippen molar-refractivity contribution in [2.45, 2.75) is 90.3 Å². The summed E-state index contributed by atoms with van der Waals surface area (Å²) in [6.07, 6.45) is -4.28. The van der Waals surface area contributed by atoms with Gasteiger partial charge in [-0.25, -0.2) is 9.78 Å². The van der Waals surface area contributed by atoms with E-state index in [0.717, 1.165) is 16.6 Å². The first-order valence-electron chi connectivity index (χ1n) is 16.7. The topological polar surface area (TPSA) is 262 Å². The molecular formula is C35H44N6O11S. The number of aromatic nitrogens is 1. The third-order valence-electron chi connectivity index (χ3n) is 7.65. The lowest BCUT2D eigenvalue weighted by Crippen LogP contribution is -2.60. The molecular weight excluding hydrogens is 712 g/mol. The first-order chi connectivity index (χ1) is 25.0. The number of carboxylic acids is 2. The largest absolute Gasteiger partial charge is 0.481 e. The molecule has 2 aromatic carbocycles. The number of fused-ring (bicyclic) bond motifs is 1. The second-order valence-corrected chi connectivity index (χ2v) is 13.9. The van der Waals surface area contributed by atoms with E-state index in [9.17, 15) is 48.9 Å². The lowest BCUT2D eigenvalue weighted by Gasteiger charge is -2.27. The van der Waals surface area contributed by atoms with Gasteiger partial charge in [0.2, 0.25) is 23.6 Å². The van der Waals surface area contributed by atoms with Crippen LogP contribution in [0.1, 0.15) is 57.0 Å². The molecule has 5 atom stereocenters. The van der Waals surface area contributed by atoms with E-state index in [1.807, 2.05) is 6.92 Å². The van der Waals surface area contributed by atoms with Gasteiger partial charge in [-0.15, -0.1) is 11.3 Å². The van der Waals surface area contributed by atoms with E-state index in [1.54, 1.807) is 62.4 Å². The number of carbonyl (C=O) groups is 7. The number of nitrogens with one attached hydrogen (secondary N) is 5. The number of aliphatic hydroxyl groups is 1. The molecule has 0 bridgehead atoms. The number of thiazole rings is 1. The van der Waals surface area contributed by atoms with Gasteiger partial charge in [-0.2, -0.15) is 0 Å². The van der Waals surface area contributed by atoms with Crippen LogP contribution < -0.4 is 26.6 Å². The van der Waals surface area contributed by atoms with Crippen molar-refractivity contribution < 1.29 is 53.6 Å². The number of aliphatic hydroxyl groups excluding tert-OH is 1. The molecule has 1 aromatic heterocycles. The van der Waals surface area contributed by atoms with E-state index >= 15 is 0 Å². The summed E-state index contributed by atoms with van der Waals surface area (Å²) in [5.41, 5.74) is 1.71. The van der Waals surface area contributed by atoms with Crippen molar-refractivity contribution >= 4 is 68.9 Å². The van der Waals surface area contributed by atoms with Crippen LogP contribution in [0, 0.1) is 12.8 Å². The van der Waals surface area contributed by atoms with Crippen molar-refractivity contribution in [2.24, 2.45) is 5.92 Å². The van der Waals surface area contributed by atoms with E-state index < -0.39 is 91.2 Å². The van der Waals surface area contributed by atoms with E-state index in [2.05, 4.69) is 31.6 Å². The molecule has 0 spiro atoms. The maximum Gasteiger partial charge on any atom is 0.408 e. The summed E-state index contributed by atoms with van der Waals surface area (Å²) in [6.45, 7) is 6.46. The Morgan fingerprint density at radius 2 is 1.45 bits per heavy atom. The molecule has 18 heteroatoms. The summed E-state index contributed by atoms with van der Waals surface area (Å²) in [4.78, 5) is 93.4. The first kappa shape index (κ1) is 41.8. The molecule has 0 fully saturated rings. The number of hydrogen-bond donors (Lipinski definition) is 8. The minimum absolute atomic E-state index is 0.0769. The zero-order chi connectivity index (χ0) is 39.2. The molecule has 8 N–H and O–H groups in total. The van der Waals surface area contributed by atoms with Crippen LogP contribution in [0.5, 0.6) is 0 Å². The Morgan fingerprint density at radius 1 is 0.792 bits per heavy atom. The molecule has 0 saturated carbocycles. The van der Waals surface area contributed by atoms with Gasteiger partial charge in [0.25, 0.3) is 0 Å². The summed E-state index contributed by atoms with van der Waals surface area (Å²) < 4.78 is 5.98. The van der Waals surface area contributed by atoms with Crippen molar-refractivity contribution in [3.63, 3.8) is 0 Å². The van der Waals surface area contributed by atoms with Crippen LogP contribution in [0.25, 0.3) is 10.2 Å². The van der Waals surface area contributed by atoms with E-state index in [1.165, 1.54) is 11.3 Å². The monoisotopic (exact) mass is 756 g/mol. The van der Waals surface area contributed by atoms with Crippen molar-refractivity contribution in [1.29, 1.82) is 0 Å². The minimum atomic E-state index is -1.77. The van der Waals surface area contributed by atoms with E-state index in [-0.39, 0.29) is 18.9 Å². The molecule has 3 aromatic rings. The standard InChI is InChI=1S/C35H44N6O11S/c1-18(2)14-25(40-35(51)52-17-21-8-6-5-7-9-21)33(49)38-24(12-13-28(43)44)31(47)41-30(19(3)42)34(50)39-26(16-29(45)46)32(48)37-22-10-11-23-27(15-22)53-20(4)36-23/h5-11,15,18-19,24-26,30,42H,12-14,16-17H2,1-4H3,(H,37,48)(H,38,49)(H,39,50)(H,40,51)(H,41,47)(H,43,44)(H,45,46). The zero-order valence-corrected chi connectivity index (χ0v) is 30.4. The van der Waals surface area contributed by atoms with Crippen LogP contribution in [0.4, 0.5) is 10.5 Å². The lowest BCUT2D eigenvalue weighted by molar-refractivity contribution is -0.141. The van der Waals surface area contributed by atoms with Gasteiger partial charge in [0.1, 0.15) is 30.8 Å². The second-order valence-electron chi connectivity index (χ2n) is 12.7. The number of hydrogen-bond acceptors (Lipinski definition) is 11. The highest BCUT2D eigenvalue weighted by Gasteiger charge is 2.34. The maximum atomic E-state index is 13.5. The second kappa shape index (κ2) is 19.8. The quantitative estimate of drug-likeness (QED) is 0.0874. The summed E-state index contributed by atoms with van der Waals surface area (Å²) in [7, 11) is 0. The molecule has 0 aliphatic carbocycles. The first-order valence-corrected chi connectivity index (χ1v) is 17.5. The van der Waals surface area contributed by atoms with Crippen LogP contribution in [-0.2, 0) is 40.1 Å². The summed E-state index contributed by atoms with van der Waals surface area (Å²) in [5, 5.41) is 42.0. The Morgan fingerprint density at radius 3 is 2.08 bits per heavy atom. The maximum absolute atomic E-state index is 13.5. The predicted molar refractivity (Wildman–Crippen MR) is 193 cm³/mol. The van der Waals surface area contributed by atoms with Crippen molar-refractivity contribution in [2.75, 3.05) is 5.32 Å². The van der Waals surface area contributed by atoms with Crippen molar-refractivity contribution in [3.05, 3.63) is 59.1 Å². The Bertz CT molecular complexity index is 1780. The SMILES string of the molecule is Cc1nc2ccc(NC(=O)C(CC(=O)O)NC(=O)C(NC(=O)C(CCC(=O)O)NC(=O)C(CC(C)C)NC(=O)OCc3ccccc3)C(C)O)cc2s1. The number of alkyl carbamates (subject to hydrolysis) is 1. The third kappa shape index (κ3) is 13.8. The number of nitrogens with zero attached hydrogens (tertiary/aromatic N) is 1. The normalized spacial score (nSPS) is 13.8. The average molecular weight is 757 g/mol. The predicted octanol–water partition coefficient (Wildman–Crippen LogP) is 2.06. The Hall–Kier alpha value is -5.62. The molecule has 17 nitrogen and oxygen atoms in total. The summed E-state index contributed by atoms with van der Waals surface area (Å²) in [5.74, 6) is -6.78. The van der Waals surface area contributed by atoms with Crippen LogP contribution >= 0.6 is 11.3 Å². The fourth-order valence-electron chi connectivity index (χ4n) is 5.07. The van der Waals surface area contributed by atoms with Crippen LogP contribution in [0.15, 0.2) is 48.5 Å². The molecule has 1 heterocycles. The van der Waals surface area contributed by atoms with Crippen molar-refractivity contribution in [1.82, 2.24) is 26.3 Å². The molecule has 0 saturated heterocycles. The van der Waals surface area contributed by atoms with E-state index in [0.29, 0.717) is 16.8 Å². The Labute approximate surface area is 308 Å². The minimum Gasteiger partial charge on any atom is -0.481 e. The van der Waals surface area contributed by atoms with Crippen LogP contribution in [0.2, 0.25) is 0 Å². The molecule has 0 aliphatic heterocycles. The number of aryl methyl sites for hydroxylation is 1. The number of aliphatic carboxylic acids is 2. The molecule has 5 amide bonds. The van der Waals surface area contributed by atoms with E-state index in [4.69, 9.17) is 4.74 Å². The van der Waals surface area contributed by atoms with Crippen molar-refractivity contribution in [3.8, 4) is 0 Å². The van der Waals surface area contributed by atoms with Gasteiger partial charge in [-0.3, -0.25) is 28.8 Å². The van der Waals surface area contributed by atoms with Gasteiger partial charge in [0, 0.05) is 12.1 Å². The molecule has 286 valence electrons. The number of rotatable bonds is 19. The molecule has 3 rings (SSSR count). The number of benzene rings is 2. The average Bonchev–Trinajstić information content (AvgIpc) is 3.46. The summed E-state index contributed by atoms with van der Waals surface area (Å²) in [6, 6.07) is 7.46. The highest BCUT2D eigenvalue weighted by atomic mass is 32.1. The number of anilines is 1. The number of carboxylic acid groups (broad SMARTS) is 2. The third-order valence-corrected chi connectivity index (χ3v) is 8.58. The zero-order valence-electron chi connectivity index (χ0n) is 29.6. The number of ether oxygens (including phenoxy) is 1. The van der Waals surface area contributed by atoms with Gasteiger partial charge >= 0.3 is 18.0 Å². The fourth-order valence-corrected chi connectivity index (χ4v) is 5.94. The molecule has 0 aliphatic rings. The smallest absolute Gasteiger partial charge is 0.408 e. The Kier molecular flexibility index (Phi) is 15.6. The van der Waals surface area contributed by atoms with Gasteiger partial charge in [-0.1, -0.05) is 44.2 Å². The fraction of sp³-hybridized carbons (Fsp3) is 0.429. The lowest BCUT2D eigenvalue weighted by atomic mass is 10.0. The number of carbonyl (C=O) groups excluding carboxylic acids is 5. The van der Waals surface area contributed by atoms with Crippen LogP contribution in [0.3, 0.4) is 0 Å². The summed E-state index contributed by atoms with van der Waals surface area (Å²) >= 11 is 1.38. The highest BCUT2D eigenvalue weighted by Crippen LogP contribution is 2.25. The van der Waals surface area contributed by atoms with Crippen LogP contribution in [-0.4, -0.2) is 92.2 Å². The van der Waals surface area contributed by atoms with Gasteiger partial charge < -0.3 is 46.6 Å². The highest BCUT2D eigenvalue weighted by molar-refractivity contribution is 7.18. The number of amides is 5. The molecule has 0 radical (unpaired) electrons. The van der Waals surface area contributed by atoms with Gasteiger partial charge in [0.15, 0.2) is 0 Å².